The molecule has 0 fully saturated rings. The van der Waals surface area contributed by atoms with Gasteiger partial charge in [-0.3, -0.25) is 0 Å². The lowest BCUT2D eigenvalue weighted by atomic mass is 10.1. The van der Waals surface area contributed by atoms with E-state index in [4.69, 9.17) is 8.85 Å². The average molecular weight is 289 g/mol. The predicted molar refractivity (Wildman–Crippen MR) is 86.9 cm³/mol. The largest absolute Gasteiger partial charge is 0.394 e. The van der Waals surface area contributed by atoms with Gasteiger partial charge < -0.3 is 8.85 Å². The fourth-order valence-corrected chi connectivity index (χ4v) is 6.25. The van der Waals surface area contributed by atoms with E-state index in [0.717, 1.165) is 13.2 Å². The molecule has 2 nitrogen and oxygen atoms in total. The van der Waals surface area contributed by atoms with E-state index in [9.17, 15) is 0 Å². The Balaban J connectivity index is 4.06. The molecule has 0 radical (unpaired) electrons. The van der Waals surface area contributed by atoms with Gasteiger partial charge in [0.25, 0.3) is 0 Å². The third-order valence-electron chi connectivity index (χ3n) is 3.64. The minimum absolute atomic E-state index is 0.811. The minimum atomic E-state index is -1.88. The van der Waals surface area contributed by atoms with Gasteiger partial charge in [-0.25, -0.2) is 0 Å². The van der Waals surface area contributed by atoms with E-state index in [1.165, 1.54) is 63.5 Å². The summed E-state index contributed by atoms with van der Waals surface area (Å²) < 4.78 is 12.2. The van der Waals surface area contributed by atoms with Crippen LogP contribution in [0.4, 0.5) is 0 Å². The van der Waals surface area contributed by atoms with Gasteiger partial charge in [0.05, 0.1) is 0 Å². The SMILES string of the molecule is CCCCCCCC[Si](CCCC)(OCC)OCC. The predicted octanol–water partition coefficient (Wildman–Crippen LogP) is 5.66. The van der Waals surface area contributed by atoms with E-state index in [1.807, 2.05) is 0 Å². The first-order valence-electron chi connectivity index (χ1n) is 8.52. The van der Waals surface area contributed by atoms with Gasteiger partial charge >= 0.3 is 8.56 Å². The van der Waals surface area contributed by atoms with Crippen molar-refractivity contribution in [3.63, 3.8) is 0 Å². The second kappa shape index (κ2) is 13.1. The summed E-state index contributed by atoms with van der Waals surface area (Å²) in [6.45, 7) is 10.4. The first-order valence-corrected chi connectivity index (χ1v) is 10.8. The molecule has 0 amide bonds. The van der Waals surface area contributed by atoms with Gasteiger partial charge in [-0.15, -0.1) is 0 Å². The van der Waals surface area contributed by atoms with Crippen LogP contribution in [0.3, 0.4) is 0 Å². The topological polar surface area (TPSA) is 18.5 Å². The molecular weight excluding hydrogens is 252 g/mol. The minimum Gasteiger partial charge on any atom is -0.394 e. The molecule has 0 aliphatic heterocycles. The third-order valence-corrected chi connectivity index (χ3v) is 7.50. The van der Waals surface area contributed by atoms with E-state index in [0.29, 0.717) is 0 Å². The number of unbranched alkanes of at least 4 members (excludes halogenated alkanes) is 6. The van der Waals surface area contributed by atoms with Crippen LogP contribution in [0.5, 0.6) is 0 Å². The molecule has 116 valence electrons. The van der Waals surface area contributed by atoms with Crippen molar-refractivity contribution in [2.45, 2.75) is 91.1 Å². The van der Waals surface area contributed by atoms with Crippen LogP contribution in [0.25, 0.3) is 0 Å². The van der Waals surface area contributed by atoms with E-state index in [2.05, 4.69) is 27.7 Å². The second-order valence-corrected chi connectivity index (χ2v) is 8.80. The summed E-state index contributed by atoms with van der Waals surface area (Å²) >= 11 is 0. The lowest BCUT2D eigenvalue weighted by molar-refractivity contribution is 0.180. The zero-order chi connectivity index (χ0) is 14.4. The van der Waals surface area contributed by atoms with Crippen molar-refractivity contribution in [2.24, 2.45) is 0 Å². The van der Waals surface area contributed by atoms with Crippen LogP contribution in [0.1, 0.15) is 79.1 Å². The number of hydrogen-bond donors (Lipinski definition) is 0. The van der Waals surface area contributed by atoms with E-state index < -0.39 is 8.56 Å². The summed E-state index contributed by atoms with van der Waals surface area (Å²) in [6, 6.07) is 2.38. The summed E-state index contributed by atoms with van der Waals surface area (Å²) in [5.41, 5.74) is 0. The van der Waals surface area contributed by atoms with E-state index >= 15 is 0 Å². The Morgan fingerprint density at radius 3 is 1.58 bits per heavy atom. The fraction of sp³-hybridized carbons (Fsp3) is 1.00. The average Bonchev–Trinajstić information content (AvgIpc) is 2.41. The third kappa shape index (κ3) is 9.64. The maximum Gasteiger partial charge on any atom is 0.338 e. The first kappa shape index (κ1) is 19.1. The van der Waals surface area contributed by atoms with Gasteiger partial charge in [0, 0.05) is 13.2 Å². The molecule has 0 spiro atoms. The second-order valence-electron chi connectivity index (χ2n) is 5.40. The van der Waals surface area contributed by atoms with Crippen molar-refractivity contribution in [3.8, 4) is 0 Å². The molecular formula is C16H36O2Si. The first-order chi connectivity index (χ1) is 9.24. The maximum atomic E-state index is 6.12. The molecule has 0 atom stereocenters. The van der Waals surface area contributed by atoms with Crippen LogP contribution in [0.2, 0.25) is 12.1 Å². The van der Waals surface area contributed by atoms with Crippen LogP contribution < -0.4 is 0 Å². The molecule has 0 aromatic heterocycles. The molecule has 0 aliphatic rings. The highest BCUT2D eigenvalue weighted by molar-refractivity contribution is 6.67. The Hall–Kier alpha value is 0.137. The van der Waals surface area contributed by atoms with Gasteiger partial charge in [0.2, 0.25) is 0 Å². The number of rotatable bonds is 14. The molecule has 0 aromatic carbocycles. The summed E-state index contributed by atoms with van der Waals surface area (Å²) in [5.74, 6) is 0. The van der Waals surface area contributed by atoms with Crippen molar-refractivity contribution in [1.82, 2.24) is 0 Å². The molecule has 0 saturated carbocycles. The normalized spacial score (nSPS) is 12.0. The van der Waals surface area contributed by atoms with E-state index in [1.54, 1.807) is 0 Å². The highest BCUT2D eigenvalue weighted by Gasteiger charge is 2.35. The van der Waals surface area contributed by atoms with Crippen molar-refractivity contribution in [2.75, 3.05) is 13.2 Å². The number of hydrogen-bond acceptors (Lipinski definition) is 2. The molecule has 0 aromatic rings. The monoisotopic (exact) mass is 288 g/mol. The highest BCUT2D eigenvalue weighted by Crippen LogP contribution is 2.25. The Labute approximate surface area is 122 Å². The Bertz CT molecular complexity index is 180. The molecule has 0 bridgehead atoms. The van der Waals surface area contributed by atoms with Crippen molar-refractivity contribution in [3.05, 3.63) is 0 Å². The molecule has 19 heavy (non-hydrogen) atoms. The molecule has 0 aliphatic carbocycles. The van der Waals surface area contributed by atoms with Crippen LogP contribution >= 0.6 is 0 Å². The lowest BCUT2D eigenvalue weighted by Gasteiger charge is -2.30. The molecule has 0 unspecified atom stereocenters. The summed E-state index contributed by atoms with van der Waals surface area (Å²) in [6.07, 6.45) is 10.6. The van der Waals surface area contributed by atoms with Crippen LogP contribution in [0, 0.1) is 0 Å². The summed E-state index contributed by atoms with van der Waals surface area (Å²) in [4.78, 5) is 0. The zero-order valence-electron chi connectivity index (χ0n) is 13.8. The zero-order valence-corrected chi connectivity index (χ0v) is 14.8. The van der Waals surface area contributed by atoms with Crippen molar-refractivity contribution < 1.29 is 8.85 Å². The Morgan fingerprint density at radius 2 is 1.05 bits per heavy atom. The molecule has 3 heteroatoms. The van der Waals surface area contributed by atoms with Crippen molar-refractivity contribution in [1.29, 1.82) is 0 Å². The van der Waals surface area contributed by atoms with Crippen LogP contribution in [-0.2, 0) is 8.85 Å². The van der Waals surface area contributed by atoms with Gasteiger partial charge in [-0.1, -0.05) is 65.2 Å². The summed E-state index contributed by atoms with van der Waals surface area (Å²) in [7, 11) is -1.88. The maximum absolute atomic E-state index is 6.12. The summed E-state index contributed by atoms with van der Waals surface area (Å²) in [5, 5.41) is 0. The molecule has 0 N–H and O–H groups in total. The standard InChI is InChI=1S/C16H36O2Si/c1-5-9-11-12-13-14-16-19(17-7-3,18-8-4)15-10-6-2/h5-16H2,1-4H3. The smallest absolute Gasteiger partial charge is 0.338 e. The highest BCUT2D eigenvalue weighted by atomic mass is 28.4. The molecule has 0 heterocycles. The quantitative estimate of drug-likeness (QED) is 0.303. The van der Waals surface area contributed by atoms with Crippen LogP contribution in [-0.4, -0.2) is 21.8 Å². The van der Waals surface area contributed by atoms with Gasteiger partial charge in [-0.2, -0.15) is 0 Å². The molecule has 0 rings (SSSR count). The Kier molecular flexibility index (Phi) is 13.2. The lowest BCUT2D eigenvalue weighted by Crippen LogP contribution is -2.42. The van der Waals surface area contributed by atoms with Gasteiger partial charge in [0.1, 0.15) is 0 Å². The van der Waals surface area contributed by atoms with Crippen molar-refractivity contribution >= 4 is 8.56 Å². The Morgan fingerprint density at radius 1 is 0.579 bits per heavy atom. The van der Waals surface area contributed by atoms with Gasteiger partial charge in [0.15, 0.2) is 0 Å². The molecule has 0 saturated heterocycles. The van der Waals surface area contributed by atoms with E-state index in [-0.39, 0.29) is 0 Å². The van der Waals surface area contributed by atoms with Crippen LogP contribution in [0.15, 0.2) is 0 Å². The fourth-order valence-electron chi connectivity index (χ4n) is 2.60. The van der Waals surface area contributed by atoms with Gasteiger partial charge in [-0.05, 0) is 25.9 Å².